The summed E-state index contributed by atoms with van der Waals surface area (Å²) in [6.07, 6.45) is 0. The Morgan fingerprint density at radius 3 is 2.28 bits per heavy atom. The van der Waals surface area contributed by atoms with Gasteiger partial charge in [0.05, 0.1) is 25.7 Å². The van der Waals surface area contributed by atoms with E-state index < -0.39 is 22.0 Å². The zero-order valence-corrected chi connectivity index (χ0v) is 21.4. The van der Waals surface area contributed by atoms with Crippen LogP contribution in [0.25, 0.3) is 0 Å². The fraction of sp³-hybridized carbons (Fsp3) is 0.259. The van der Waals surface area contributed by atoms with E-state index in [0.29, 0.717) is 22.6 Å². The third kappa shape index (κ3) is 4.72. The van der Waals surface area contributed by atoms with Gasteiger partial charge < -0.3 is 14.4 Å². The second-order valence-electron chi connectivity index (χ2n) is 8.63. The number of hydrogen-bond acceptors (Lipinski definition) is 6. The molecule has 36 heavy (non-hydrogen) atoms. The molecule has 0 fully saturated rings. The van der Waals surface area contributed by atoms with Crippen LogP contribution in [0.3, 0.4) is 0 Å². The van der Waals surface area contributed by atoms with Gasteiger partial charge in [0.1, 0.15) is 11.8 Å². The Labute approximate surface area is 211 Å². The van der Waals surface area contributed by atoms with Crippen LogP contribution in [0.5, 0.6) is 5.75 Å². The van der Waals surface area contributed by atoms with Crippen molar-refractivity contribution in [1.29, 1.82) is 0 Å². The van der Waals surface area contributed by atoms with Crippen LogP contribution in [-0.2, 0) is 26.1 Å². The predicted molar refractivity (Wildman–Crippen MR) is 136 cm³/mol. The normalized spacial score (nSPS) is 16.1. The molecule has 0 aliphatic carbocycles. The number of carbonyl (C=O) groups is 2. The summed E-state index contributed by atoms with van der Waals surface area (Å²) >= 11 is 0. The zero-order valence-electron chi connectivity index (χ0n) is 20.6. The van der Waals surface area contributed by atoms with Crippen molar-refractivity contribution in [3.63, 3.8) is 0 Å². The molecule has 0 aromatic heterocycles. The van der Waals surface area contributed by atoms with Crippen LogP contribution in [0.1, 0.15) is 27.0 Å². The average Bonchev–Trinajstić information content (AvgIpc) is 3.06. The van der Waals surface area contributed by atoms with Gasteiger partial charge in [-0.25, -0.2) is 8.42 Å². The number of anilines is 1. The number of rotatable bonds is 5. The minimum Gasteiger partial charge on any atom is -0.497 e. The fourth-order valence-electron chi connectivity index (χ4n) is 4.40. The minimum atomic E-state index is -4.15. The molecule has 1 aliphatic rings. The average molecular weight is 509 g/mol. The fourth-order valence-corrected chi connectivity index (χ4v) is 5.95. The summed E-state index contributed by atoms with van der Waals surface area (Å²) in [7, 11) is -1.45. The highest BCUT2D eigenvalue weighted by Crippen LogP contribution is 2.33. The Kier molecular flexibility index (Phi) is 7.14. The molecule has 3 aromatic carbocycles. The maximum atomic E-state index is 13.8. The maximum absolute atomic E-state index is 13.8. The van der Waals surface area contributed by atoms with Gasteiger partial charge in [-0.15, -0.1) is 0 Å². The van der Waals surface area contributed by atoms with E-state index in [1.165, 1.54) is 31.3 Å². The standard InChI is InChI=1S/C27H28N2O6S/c1-18-9-14-23(19(2)15-18)26(30)28-17-25(27(31)35-4)29(16-20-7-5-6-8-24(20)28)36(32,33)22-12-10-21(34-3)11-13-22/h5-15,25H,16-17H2,1-4H3. The van der Waals surface area contributed by atoms with Crippen LogP contribution < -0.4 is 9.64 Å². The number of para-hydroxylation sites is 1. The first-order valence-corrected chi connectivity index (χ1v) is 12.8. The first-order chi connectivity index (χ1) is 17.2. The molecule has 1 heterocycles. The lowest BCUT2D eigenvalue weighted by Gasteiger charge is -2.29. The molecule has 188 valence electrons. The number of amides is 1. The van der Waals surface area contributed by atoms with Gasteiger partial charge in [0.15, 0.2) is 0 Å². The quantitative estimate of drug-likeness (QED) is 0.488. The lowest BCUT2D eigenvalue weighted by atomic mass is 10.0. The molecule has 9 heteroatoms. The number of ether oxygens (including phenoxy) is 2. The van der Waals surface area contributed by atoms with Crippen LogP contribution in [-0.4, -0.2) is 51.4 Å². The molecule has 0 radical (unpaired) electrons. The Bertz CT molecular complexity index is 1400. The Morgan fingerprint density at radius 2 is 1.64 bits per heavy atom. The molecule has 1 unspecified atom stereocenters. The van der Waals surface area contributed by atoms with E-state index in [1.54, 1.807) is 42.5 Å². The topological polar surface area (TPSA) is 93.2 Å². The van der Waals surface area contributed by atoms with E-state index in [2.05, 4.69) is 0 Å². The molecule has 0 spiro atoms. The number of nitrogens with zero attached hydrogens (tertiary/aromatic N) is 2. The minimum absolute atomic E-state index is 0.00356. The van der Waals surface area contributed by atoms with E-state index in [9.17, 15) is 18.0 Å². The van der Waals surface area contributed by atoms with Crippen molar-refractivity contribution in [2.45, 2.75) is 31.3 Å². The zero-order chi connectivity index (χ0) is 26.0. The summed E-state index contributed by atoms with van der Waals surface area (Å²) < 4.78 is 38.8. The first kappa shape index (κ1) is 25.4. The summed E-state index contributed by atoms with van der Waals surface area (Å²) in [5, 5.41) is 0. The monoisotopic (exact) mass is 508 g/mol. The van der Waals surface area contributed by atoms with Crippen molar-refractivity contribution in [1.82, 2.24) is 4.31 Å². The number of sulfonamides is 1. The van der Waals surface area contributed by atoms with Crippen molar-refractivity contribution in [3.8, 4) is 5.75 Å². The molecule has 4 rings (SSSR count). The molecular weight excluding hydrogens is 480 g/mol. The van der Waals surface area contributed by atoms with E-state index in [4.69, 9.17) is 9.47 Å². The molecule has 0 N–H and O–H groups in total. The molecular formula is C27H28N2O6S. The number of aryl methyl sites for hydroxylation is 2. The molecule has 1 atom stereocenters. The molecule has 3 aromatic rings. The molecule has 0 bridgehead atoms. The molecule has 0 saturated heterocycles. The van der Waals surface area contributed by atoms with E-state index in [0.717, 1.165) is 15.4 Å². The second kappa shape index (κ2) is 10.1. The molecule has 1 amide bonds. The largest absolute Gasteiger partial charge is 0.497 e. The third-order valence-electron chi connectivity index (χ3n) is 6.31. The van der Waals surface area contributed by atoms with Crippen LogP contribution in [0.4, 0.5) is 5.69 Å². The van der Waals surface area contributed by atoms with Crippen molar-refractivity contribution < 1.29 is 27.5 Å². The summed E-state index contributed by atoms with van der Waals surface area (Å²) in [5.41, 5.74) is 3.43. The van der Waals surface area contributed by atoms with Crippen molar-refractivity contribution in [3.05, 3.63) is 89.0 Å². The summed E-state index contributed by atoms with van der Waals surface area (Å²) in [4.78, 5) is 28.3. The van der Waals surface area contributed by atoms with Crippen molar-refractivity contribution in [2.24, 2.45) is 0 Å². The van der Waals surface area contributed by atoms with Crippen molar-refractivity contribution in [2.75, 3.05) is 25.7 Å². The number of methoxy groups -OCH3 is 2. The first-order valence-electron chi connectivity index (χ1n) is 11.4. The second-order valence-corrected chi connectivity index (χ2v) is 10.5. The van der Waals surface area contributed by atoms with Gasteiger partial charge in [0, 0.05) is 17.8 Å². The van der Waals surface area contributed by atoms with Gasteiger partial charge in [-0.1, -0.05) is 35.9 Å². The maximum Gasteiger partial charge on any atom is 0.326 e. The van der Waals surface area contributed by atoms with Crippen molar-refractivity contribution >= 4 is 27.6 Å². The number of esters is 1. The number of hydrogen-bond donors (Lipinski definition) is 0. The highest BCUT2D eigenvalue weighted by Gasteiger charge is 2.42. The van der Waals surface area contributed by atoms with E-state index in [-0.39, 0.29) is 23.9 Å². The van der Waals surface area contributed by atoms with Crippen LogP contribution >= 0.6 is 0 Å². The van der Waals surface area contributed by atoms with Gasteiger partial charge in [-0.05, 0) is 61.4 Å². The van der Waals surface area contributed by atoms with E-state index >= 15 is 0 Å². The summed E-state index contributed by atoms with van der Waals surface area (Å²) in [6, 6.07) is 17.3. The number of fused-ring (bicyclic) bond motifs is 1. The summed E-state index contributed by atoms with van der Waals surface area (Å²) in [6.45, 7) is 3.48. The highest BCUT2D eigenvalue weighted by atomic mass is 32.2. The van der Waals surface area contributed by atoms with Crippen LogP contribution in [0.15, 0.2) is 71.6 Å². The van der Waals surface area contributed by atoms with Crippen LogP contribution in [0.2, 0.25) is 0 Å². The predicted octanol–water partition coefficient (Wildman–Crippen LogP) is 3.70. The van der Waals surface area contributed by atoms with E-state index in [1.807, 2.05) is 26.0 Å². The molecule has 1 aliphatic heterocycles. The van der Waals surface area contributed by atoms with Crippen LogP contribution in [0, 0.1) is 13.8 Å². The lowest BCUT2D eigenvalue weighted by molar-refractivity contribution is -0.144. The third-order valence-corrected chi connectivity index (χ3v) is 8.18. The van der Waals surface area contributed by atoms with Gasteiger partial charge in [-0.2, -0.15) is 4.31 Å². The number of carbonyl (C=O) groups excluding carboxylic acids is 2. The van der Waals surface area contributed by atoms with Gasteiger partial charge in [0.2, 0.25) is 10.0 Å². The number of benzene rings is 3. The highest BCUT2D eigenvalue weighted by molar-refractivity contribution is 7.89. The molecule has 8 nitrogen and oxygen atoms in total. The van der Waals surface area contributed by atoms with Gasteiger partial charge in [-0.3, -0.25) is 9.59 Å². The SMILES string of the molecule is COC(=O)C1CN(C(=O)c2ccc(C)cc2C)c2ccccc2CN1S(=O)(=O)c1ccc(OC)cc1. The Balaban J connectivity index is 1.84. The Hall–Kier alpha value is -3.69. The Morgan fingerprint density at radius 1 is 0.944 bits per heavy atom. The van der Waals surface area contributed by atoms with Gasteiger partial charge >= 0.3 is 5.97 Å². The van der Waals surface area contributed by atoms with Gasteiger partial charge in [0.25, 0.3) is 5.91 Å². The lowest BCUT2D eigenvalue weighted by Crippen LogP contribution is -2.50. The smallest absolute Gasteiger partial charge is 0.326 e. The molecule has 0 saturated carbocycles. The summed E-state index contributed by atoms with van der Waals surface area (Å²) in [5.74, 6) is -0.569.